The molecule has 0 unspecified atom stereocenters. The summed E-state index contributed by atoms with van der Waals surface area (Å²) in [7, 11) is 0. The monoisotopic (exact) mass is 484 g/mol. The Kier molecular flexibility index (Phi) is 6.87. The van der Waals surface area contributed by atoms with Crippen LogP contribution in [-0.2, 0) is 9.59 Å². The Balaban J connectivity index is 1.90. The molecule has 0 spiro atoms. The number of terminal acetylenes is 1. The topological polar surface area (TPSA) is 67.9 Å². The lowest BCUT2D eigenvalue weighted by Gasteiger charge is -2.29. The fraction of sp³-hybridized carbons (Fsp3) is 0.136. The fourth-order valence-electron chi connectivity index (χ4n) is 2.76. The van der Waals surface area contributed by atoms with Gasteiger partial charge in [-0.25, -0.2) is 0 Å². The van der Waals surface area contributed by atoms with Gasteiger partial charge in [-0.2, -0.15) is 0 Å². The Bertz CT molecular complexity index is 1070. The highest BCUT2D eigenvalue weighted by Gasteiger charge is 2.34. The number of carbonyl (C=O) groups is 2. The lowest BCUT2D eigenvalue weighted by molar-refractivity contribution is -0.122. The first-order chi connectivity index (χ1) is 14.4. The van der Waals surface area contributed by atoms with Gasteiger partial charge < -0.3 is 9.47 Å². The smallest absolute Gasteiger partial charge is 0.270 e. The van der Waals surface area contributed by atoms with Crippen molar-refractivity contribution < 1.29 is 19.1 Å². The number of rotatable bonds is 6. The number of benzene rings is 2. The molecule has 2 aromatic rings. The molecule has 2 aromatic carbocycles. The highest BCUT2D eigenvalue weighted by atomic mass is 79.9. The number of hydrogen-bond acceptors (Lipinski definition) is 5. The second-order valence-electron chi connectivity index (χ2n) is 6.07. The molecule has 0 aromatic heterocycles. The van der Waals surface area contributed by atoms with E-state index in [-0.39, 0.29) is 17.3 Å². The highest BCUT2D eigenvalue weighted by molar-refractivity contribution is 9.10. The average molecular weight is 485 g/mol. The van der Waals surface area contributed by atoms with Crippen LogP contribution in [0.2, 0.25) is 0 Å². The van der Waals surface area contributed by atoms with Crippen LogP contribution in [0.1, 0.15) is 12.5 Å². The Morgan fingerprint density at radius 1 is 1.20 bits per heavy atom. The fourth-order valence-corrected chi connectivity index (χ4v) is 3.55. The second kappa shape index (κ2) is 9.57. The largest absolute Gasteiger partial charge is 0.494 e. The lowest BCUT2D eigenvalue weighted by atomic mass is 10.1. The van der Waals surface area contributed by atoms with Crippen molar-refractivity contribution in [3.05, 3.63) is 58.1 Å². The molecular formula is C22H17BrN2O4S. The van der Waals surface area contributed by atoms with Crippen molar-refractivity contribution >= 4 is 56.8 Å². The Labute approximate surface area is 188 Å². The maximum Gasteiger partial charge on any atom is 0.270 e. The molecule has 0 atom stereocenters. The minimum absolute atomic E-state index is 0.0190. The van der Waals surface area contributed by atoms with Crippen LogP contribution < -0.4 is 19.7 Å². The molecular weight excluding hydrogens is 468 g/mol. The number of thiocarbonyl (C=S) groups is 1. The molecule has 1 saturated heterocycles. The van der Waals surface area contributed by atoms with Crippen molar-refractivity contribution in [3.8, 4) is 23.8 Å². The summed E-state index contributed by atoms with van der Waals surface area (Å²) >= 11 is 8.62. The van der Waals surface area contributed by atoms with Crippen LogP contribution in [0.4, 0.5) is 5.69 Å². The van der Waals surface area contributed by atoms with Crippen molar-refractivity contribution in [1.29, 1.82) is 0 Å². The number of hydrogen-bond donors (Lipinski definition) is 1. The highest BCUT2D eigenvalue weighted by Crippen LogP contribution is 2.28. The summed E-state index contributed by atoms with van der Waals surface area (Å²) in [4.78, 5) is 26.8. The molecule has 0 radical (unpaired) electrons. The molecule has 1 fully saturated rings. The van der Waals surface area contributed by atoms with Crippen LogP contribution in [0.5, 0.6) is 11.5 Å². The summed E-state index contributed by atoms with van der Waals surface area (Å²) in [5, 5.41) is 2.58. The SMILES string of the molecule is C#CCOc1ccc(/C=C2\C(=O)NC(=S)N(c3ccc(OCC)cc3)C2=O)cc1Br. The molecule has 0 saturated carbocycles. The molecule has 3 rings (SSSR count). The Morgan fingerprint density at radius 2 is 1.93 bits per heavy atom. The minimum Gasteiger partial charge on any atom is -0.494 e. The molecule has 152 valence electrons. The Hall–Kier alpha value is -3.15. The summed E-state index contributed by atoms with van der Waals surface area (Å²) < 4.78 is 11.5. The van der Waals surface area contributed by atoms with Crippen LogP contribution in [0.25, 0.3) is 6.08 Å². The lowest BCUT2D eigenvalue weighted by Crippen LogP contribution is -2.54. The molecule has 8 heteroatoms. The van der Waals surface area contributed by atoms with Crippen LogP contribution >= 0.6 is 28.1 Å². The quantitative estimate of drug-likeness (QED) is 0.293. The molecule has 1 N–H and O–H groups in total. The van der Waals surface area contributed by atoms with Gasteiger partial charge in [-0.15, -0.1) is 6.42 Å². The summed E-state index contributed by atoms with van der Waals surface area (Å²) in [5.74, 6) is 2.55. The number of carbonyl (C=O) groups excluding carboxylic acids is 2. The van der Waals surface area contributed by atoms with Gasteiger partial charge in [0.15, 0.2) is 5.11 Å². The molecule has 6 nitrogen and oxygen atoms in total. The third-order valence-corrected chi connectivity index (χ3v) is 4.99. The number of amides is 2. The average Bonchev–Trinajstić information content (AvgIpc) is 2.72. The van der Waals surface area contributed by atoms with Gasteiger partial charge in [0, 0.05) is 0 Å². The molecule has 30 heavy (non-hydrogen) atoms. The van der Waals surface area contributed by atoms with Crippen molar-refractivity contribution in [3.63, 3.8) is 0 Å². The van der Waals surface area contributed by atoms with Crippen molar-refractivity contribution in [2.45, 2.75) is 6.92 Å². The van der Waals surface area contributed by atoms with E-state index in [0.29, 0.717) is 33.8 Å². The zero-order chi connectivity index (χ0) is 21.7. The number of anilines is 1. The van der Waals surface area contributed by atoms with E-state index in [2.05, 4.69) is 27.2 Å². The zero-order valence-corrected chi connectivity index (χ0v) is 18.4. The minimum atomic E-state index is -0.559. The third kappa shape index (κ3) is 4.70. The van der Waals surface area contributed by atoms with Crippen molar-refractivity contribution in [2.24, 2.45) is 0 Å². The van der Waals surface area contributed by atoms with E-state index in [1.807, 2.05) is 6.92 Å². The molecule has 0 aliphatic carbocycles. The molecule has 0 bridgehead atoms. The summed E-state index contributed by atoms with van der Waals surface area (Å²) in [6, 6.07) is 12.0. The maximum atomic E-state index is 13.1. The number of nitrogens with one attached hydrogen (secondary N) is 1. The normalized spacial score (nSPS) is 15.0. The van der Waals surface area contributed by atoms with E-state index in [1.165, 1.54) is 11.0 Å². The summed E-state index contributed by atoms with van der Waals surface area (Å²) in [5.41, 5.74) is 1.12. The molecule has 2 amide bonds. The number of halogens is 1. The first-order valence-corrected chi connectivity index (χ1v) is 10.1. The van der Waals surface area contributed by atoms with Crippen molar-refractivity contribution in [1.82, 2.24) is 5.32 Å². The predicted octanol–water partition coefficient (Wildman–Crippen LogP) is 3.69. The zero-order valence-electron chi connectivity index (χ0n) is 16.0. The first kappa shape index (κ1) is 21.6. The van der Waals surface area contributed by atoms with Gasteiger partial charge in [0.05, 0.1) is 16.8 Å². The van der Waals surface area contributed by atoms with Gasteiger partial charge in [-0.3, -0.25) is 19.8 Å². The van der Waals surface area contributed by atoms with Crippen LogP contribution in [0.3, 0.4) is 0 Å². The summed E-state index contributed by atoms with van der Waals surface area (Å²) in [6.45, 7) is 2.55. The van der Waals surface area contributed by atoms with E-state index in [0.717, 1.165) is 0 Å². The maximum absolute atomic E-state index is 13.1. The van der Waals surface area contributed by atoms with Gasteiger partial charge in [-0.1, -0.05) is 12.0 Å². The van der Waals surface area contributed by atoms with Gasteiger partial charge in [0.25, 0.3) is 11.8 Å². The van der Waals surface area contributed by atoms with E-state index < -0.39 is 11.8 Å². The number of nitrogens with zero attached hydrogens (tertiary/aromatic N) is 1. The third-order valence-electron chi connectivity index (χ3n) is 4.09. The molecule has 1 aliphatic heterocycles. The first-order valence-electron chi connectivity index (χ1n) is 8.94. The molecule has 1 aliphatic rings. The van der Waals surface area contributed by atoms with E-state index >= 15 is 0 Å². The van der Waals surface area contributed by atoms with Gasteiger partial charge >= 0.3 is 0 Å². The van der Waals surface area contributed by atoms with E-state index in [9.17, 15) is 9.59 Å². The van der Waals surface area contributed by atoms with Crippen molar-refractivity contribution in [2.75, 3.05) is 18.1 Å². The Morgan fingerprint density at radius 3 is 2.57 bits per heavy atom. The van der Waals surface area contributed by atoms with Crippen LogP contribution in [0.15, 0.2) is 52.5 Å². The van der Waals surface area contributed by atoms with Gasteiger partial charge in [0.2, 0.25) is 0 Å². The summed E-state index contributed by atoms with van der Waals surface area (Å²) in [6.07, 6.45) is 6.70. The van der Waals surface area contributed by atoms with E-state index in [4.69, 9.17) is 28.1 Å². The predicted molar refractivity (Wildman–Crippen MR) is 122 cm³/mol. The molecule has 1 heterocycles. The van der Waals surface area contributed by atoms with Gasteiger partial charge in [-0.05, 0) is 83.1 Å². The second-order valence-corrected chi connectivity index (χ2v) is 7.31. The number of ether oxygens (including phenoxy) is 2. The standard InChI is InChI=1S/C22H17BrN2O4S/c1-3-11-29-19-10-5-14(13-18(19)23)12-17-20(26)24-22(30)25(21(17)27)15-6-8-16(9-7-15)28-4-2/h1,5-10,12-13H,4,11H2,2H3,(H,24,26,30)/b17-12+. The van der Waals surface area contributed by atoms with E-state index in [1.54, 1.807) is 42.5 Å². The van der Waals surface area contributed by atoms with Crippen LogP contribution in [-0.4, -0.2) is 30.1 Å². The van der Waals surface area contributed by atoms with Gasteiger partial charge in [0.1, 0.15) is 23.7 Å². The van der Waals surface area contributed by atoms with Crippen LogP contribution in [0, 0.1) is 12.3 Å².